The normalized spacial score (nSPS) is 21.9. The van der Waals surface area contributed by atoms with Gasteiger partial charge in [-0.2, -0.15) is 0 Å². The highest BCUT2D eigenvalue weighted by Gasteiger charge is 2.37. The van der Waals surface area contributed by atoms with Crippen molar-refractivity contribution in [2.75, 3.05) is 38.8 Å². The zero-order chi connectivity index (χ0) is 21.8. The van der Waals surface area contributed by atoms with Crippen molar-refractivity contribution in [3.8, 4) is 5.75 Å². The largest absolute Gasteiger partial charge is 0.497 e. The van der Waals surface area contributed by atoms with Crippen molar-refractivity contribution in [1.82, 2.24) is 4.90 Å². The third kappa shape index (κ3) is 4.82. The number of carbonyl (C=O) groups is 2. The lowest BCUT2D eigenvalue weighted by Crippen LogP contribution is -2.53. The number of anilines is 1. The van der Waals surface area contributed by atoms with Crippen LogP contribution in [-0.4, -0.2) is 56.9 Å². The van der Waals surface area contributed by atoms with E-state index < -0.39 is 12.1 Å². The van der Waals surface area contributed by atoms with Crippen LogP contribution in [0.3, 0.4) is 0 Å². The number of carbonyl (C=O) groups excluding carboxylic acids is 2. The molecule has 0 aromatic heterocycles. The van der Waals surface area contributed by atoms with Gasteiger partial charge in [-0.25, -0.2) is 9.59 Å². The van der Waals surface area contributed by atoms with E-state index >= 15 is 0 Å². The topological polar surface area (TPSA) is 68.3 Å². The van der Waals surface area contributed by atoms with E-state index in [0.717, 1.165) is 38.0 Å². The molecule has 3 heterocycles. The molecular weight excluding hydrogens is 396 g/mol. The van der Waals surface area contributed by atoms with Gasteiger partial charge in [-0.05, 0) is 61.7 Å². The average molecular weight is 424 g/mol. The summed E-state index contributed by atoms with van der Waals surface area (Å²) in [4.78, 5) is 29.2. The summed E-state index contributed by atoms with van der Waals surface area (Å²) in [6.07, 6.45) is 1.65. The van der Waals surface area contributed by atoms with Gasteiger partial charge < -0.3 is 14.2 Å². The molecular formula is C24H28N2O5. The maximum Gasteiger partial charge on any atom is 0.414 e. The van der Waals surface area contributed by atoms with Crippen molar-refractivity contribution < 1.29 is 23.8 Å². The molecule has 1 unspecified atom stereocenters. The number of rotatable bonds is 6. The van der Waals surface area contributed by atoms with Gasteiger partial charge in [-0.3, -0.25) is 9.80 Å². The van der Waals surface area contributed by atoms with Crippen molar-refractivity contribution in [2.45, 2.75) is 25.5 Å². The Morgan fingerprint density at radius 2 is 1.84 bits per heavy atom. The zero-order valence-electron chi connectivity index (χ0n) is 18.0. The number of benzene rings is 2. The summed E-state index contributed by atoms with van der Waals surface area (Å²) in [5.41, 5.74) is 1.92. The van der Waals surface area contributed by atoms with Gasteiger partial charge in [0.05, 0.1) is 32.0 Å². The lowest BCUT2D eigenvalue weighted by Gasteiger charge is -2.44. The lowest BCUT2D eigenvalue weighted by atomic mass is 9.86. The van der Waals surface area contributed by atoms with Gasteiger partial charge in [0, 0.05) is 12.6 Å². The van der Waals surface area contributed by atoms with Gasteiger partial charge in [0.2, 0.25) is 0 Å². The molecule has 5 rings (SSSR count). The van der Waals surface area contributed by atoms with Crippen LogP contribution in [0.15, 0.2) is 48.5 Å². The number of piperidine rings is 3. The third-order valence-electron chi connectivity index (χ3n) is 6.12. The second kappa shape index (κ2) is 9.39. The highest BCUT2D eigenvalue weighted by atomic mass is 16.6. The van der Waals surface area contributed by atoms with Crippen molar-refractivity contribution in [3.63, 3.8) is 0 Å². The van der Waals surface area contributed by atoms with E-state index in [-0.39, 0.29) is 12.6 Å². The molecule has 7 nitrogen and oxygen atoms in total. The van der Waals surface area contributed by atoms with Crippen molar-refractivity contribution in [1.29, 1.82) is 0 Å². The minimum atomic E-state index is -0.412. The maximum absolute atomic E-state index is 13.3. The van der Waals surface area contributed by atoms with Crippen LogP contribution < -0.4 is 9.64 Å². The predicted molar refractivity (Wildman–Crippen MR) is 116 cm³/mol. The smallest absolute Gasteiger partial charge is 0.414 e. The fourth-order valence-electron chi connectivity index (χ4n) is 4.37. The van der Waals surface area contributed by atoms with Gasteiger partial charge in [0.15, 0.2) is 0 Å². The molecule has 7 heteroatoms. The molecule has 1 atom stereocenters. The summed E-state index contributed by atoms with van der Waals surface area (Å²) in [7, 11) is 2.94. The molecule has 0 aliphatic carbocycles. The molecule has 164 valence electrons. The van der Waals surface area contributed by atoms with E-state index in [1.807, 2.05) is 30.3 Å². The standard InChI is InChI=1S/C24H28N2O5/c1-29-21-8-4-7-20(14-21)26(15-17-5-3-6-19(13-17)23(27)30-2)24(28)31-22-16-25-11-9-18(22)10-12-25/h3-8,13-14,18,22H,9-12,15-16H2,1-2H3. The van der Waals surface area contributed by atoms with Gasteiger partial charge >= 0.3 is 12.1 Å². The van der Waals surface area contributed by atoms with E-state index in [1.54, 1.807) is 30.2 Å². The fourth-order valence-corrected chi connectivity index (χ4v) is 4.37. The van der Waals surface area contributed by atoms with Crippen molar-refractivity contribution in [2.24, 2.45) is 5.92 Å². The number of ether oxygens (including phenoxy) is 3. The summed E-state index contributed by atoms with van der Waals surface area (Å²) in [6, 6.07) is 14.4. The van der Waals surface area contributed by atoms with Crippen LogP contribution in [-0.2, 0) is 16.0 Å². The van der Waals surface area contributed by atoms with Crippen LogP contribution in [0.2, 0.25) is 0 Å². The molecule has 3 saturated heterocycles. The van der Waals surface area contributed by atoms with Crippen LogP contribution in [0.5, 0.6) is 5.75 Å². The maximum atomic E-state index is 13.3. The number of hydrogen-bond donors (Lipinski definition) is 0. The highest BCUT2D eigenvalue weighted by Crippen LogP contribution is 2.31. The van der Waals surface area contributed by atoms with Crippen LogP contribution >= 0.6 is 0 Å². The molecule has 2 aromatic carbocycles. The molecule has 3 aliphatic heterocycles. The Hall–Kier alpha value is -3.06. The van der Waals surface area contributed by atoms with E-state index in [0.29, 0.717) is 22.9 Å². The molecule has 2 bridgehead atoms. The second-order valence-corrected chi connectivity index (χ2v) is 8.04. The number of methoxy groups -OCH3 is 2. The van der Waals surface area contributed by atoms with Gasteiger partial charge in [-0.1, -0.05) is 18.2 Å². The molecule has 0 saturated carbocycles. The molecule has 1 amide bonds. The van der Waals surface area contributed by atoms with Gasteiger partial charge in [-0.15, -0.1) is 0 Å². The lowest BCUT2D eigenvalue weighted by molar-refractivity contribution is -0.0311. The second-order valence-electron chi connectivity index (χ2n) is 8.04. The monoisotopic (exact) mass is 424 g/mol. The first kappa shape index (κ1) is 21.2. The summed E-state index contributed by atoms with van der Waals surface area (Å²) >= 11 is 0. The van der Waals surface area contributed by atoms with Crippen LogP contribution in [0.1, 0.15) is 28.8 Å². The Kier molecular flexibility index (Phi) is 6.42. The summed E-state index contributed by atoms with van der Waals surface area (Å²) in [5.74, 6) is 0.662. The molecule has 2 aromatic rings. The van der Waals surface area contributed by atoms with E-state index in [9.17, 15) is 9.59 Å². The summed E-state index contributed by atoms with van der Waals surface area (Å²) in [5, 5.41) is 0. The van der Waals surface area contributed by atoms with Crippen molar-refractivity contribution >= 4 is 17.7 Å². The van der Waals surface area contributed by atoms with E-state index in [4.69, 9.17) is 14.2 Å². The Labute approximate surface area is 182 Å². The quantitative estimate of drug-likeness (QED) is 0.659. The van der Waals surface area contributed by atoms with Crippen LogP contribution in [0.25, 0.3) is 0 Å². The Morgan fingerprint density at radius 3 is 2.52 bits per heavy atom. The van der Waals surface area contributed by atoms with Gasteiger partial charge in [0.1, 0.15) is 11.9 Å². The molecule has 0 spiro atoms. The molecule has 0 N–H and O–H groups in total. The van der Waals surface area contributed by atoms with Gasteiger partial charge in [0.25, 0.3) is 0 Å². The number of fused-ring (bicyclic) bond motifs is 3. The highest BCUT2D eigenvalue weighted by molar-refractivity contribution is 5.90. The molecule has 0 radical (unpaired) electrons. The summed E-state index contributed by atoms with van der Waals surface area (Å²) < 4.78 is 16.2. The van der Waals surface area contributed by atoms with Crippen LogP contribution in [0, 0.1) is 5.92 Å². The molecule has 3 fully saturated rings. The Morgan fingerprint density at radius 1 is 1.06 bits per heavy atom. The number of amides is 1. The van der Waals surface area contributed by atoms with Crippen LogP contribution in [0.4, 0.5) is 10.5 Å². The average Bonchev–Trinajstić information content (AvgIpc) is 2.83. The summed E-state index contributed by atoms with van der Waals surface area (Å²) in [6.45, 7) is 3.22. The Balaban J connectivity index is 1.58. The zero-order valence-corrected chi connectivity index (χ0v) is 18.0. The number of hydrogen-bond acceptors (Lipinski definition) is 6. The Bertz CT molecular complexity index is 939. The molecule has 31 heavy (non-hydrogen) atoms. The fraction of sp³-hybridized carbons (Fsp3) is 0.417. The van der Waals surface area contributed by atoms with Crippen molar-refractivity contribution in [3.05, 3.63) is 59.7 Å². The first-order chi connectivity index (χ1) is 15.1. The number of esters is 1. The van der Waals surface area contributed by atoms with E-state index in [2.05, 4.69) is 4.90 Å². The predicted octanol–water partition coefficient (Wildman–Crippen LogP) is 3.72. The minimum absolute atomic E-state index is 0.0930. The first-order valence-electron chi connectivity index (χ1n) is 10.6. The molecule has 3 aliphatic rings. The number of nitrogens with zero attached hydrogens (tertiary/aromatic N) is 2. The third-order valence-corrected chi connectivity index (χ3v) is 6.12. The minimum Gasteiger partial charge on any atom is -0.497 e. The van der Waals surface area contributed by atoms with E-state index in [1.165, 1.54) is 7.11 Å². The SMILES string of the molecule is COC(=O)c1cccc(CN(C(=O)OC2CN3CCC2CC3)c2cccc(OC)c2)c1. The first-order valence-corrected chi connectivity index (χ1v) is 10.6.